The Hall–Kier alpha value is -1.89. The Balaban J connectivity index is 2.19. The fraction of sp³-hybridized carbons (Fsp3) is 0.133. The Morgan fingerprint density at radius 3 is 2.50 bits per heavy atom. The van der Waals surface area contributed by atoms with Crippen molar-refractivity contribution < 1.29 is 13.2 Å². The summed E-state index contributed by atoms with van der Waals surface area (Å²) >= 11 is 5.85. The smallest absolute Gasteiger partial charge is 0.251 e. The highest BCUT2D eigenvalue weighted by atomic mass is 35.5. The molecule has 2 aromatic carbocycles. The third kappa shape index (κ3) is 4.07. The van der Waals surface area contributed by atoms with E-state index in [1.165, 1.54) is 12.1 Å². The number of nitrogens with one attached hydrogen (secondary N) is 1. The molecule has 0 heterocycles. The van der Waals surface area contributed by atoms with Gasteiger partial charge in [0.1, 0.15) is 0 Å². The Bertz CT molecular complexity index is 806. The fourth-order valence-electron chi connectivity index (χ4n) is 1.95. The number of nitrogens with two attached hydrogens (primary N) is 1. The summed E-state index contributed by atoms with van der Waals surface area (Å²) in [6, 6.07) is 12.3. The van der Waals surface area contributed by atoms with Crippen molar-refractivity contribution in [1.29, 1.82) is 0 Å². The molecule has 1 unspecified atom stereocenters. The normalized spacial score (nSPS) is 12.7. The van der Waals surface area contributed by atoms with Crippen LogP contribution in [0.15, 0.2) is 53.4 Å². The number of hydrogen-bond donors (Lipinski definition) is 2. The van der Waals surface area contributed by atoms with Crippen LogP contribution in [0.1, 0.15) is 28.9 Å². The van der Waals surface area contributed by atoms with Crippen LogP contribution in [0.5, 0.6) is 0 Å². The van der Waals surface area contributed by atoms with Gasteiger partial charge >= 0.3 is 0 Å². The average molecular weight is 339 g/mol. The van der Waals surface area contributed by atoms with Crippen LogP contribution in [0.4, 0.5) is 0 Å². The summed E-state index contributed by atoms with van der Waals surface area (Å²) in [6.07, 6.45) is 0. The minimum atomic E-state index is -3.78. The zero-order chi connectivity index (χ0) is 16.3. The van der Waals surface area contributed by atoms with Gasteiger partial charge in [0.2, 0.25) is 10.0 Å². The van der Waals surface area contributed by atoms with Gasteiger partial charge in [-0.2, -0.15) is 0 Å². The first-order chi connectivity index (χ1) is 10.3. The summed E-state index contributed by atoms with van der Waals surface area (Å²) in [5.74, 6) is -0.295. The predicted octanol–water partition coefficient (Wildman–Crippen LogP) is 2.48. The largest absolute Gasteiger partial charge is 0.346 e. The van der Waals surface area contributed by atoms with E-state index >= 15 is 0 Å². The fourth-order valence-corrected chi connectivity index (χ4v) is 2.71. The third-order valence-corrected chi connectivity index (χ3v) is 4.27. The van der Waals surface area contributed by atoms with Gasteiger partial charge in [0.15, 0.2) is 0 Å². The number of amides is 1. The van der Waals surface area contributed by atoms with Crippen molar-refractivity contribution in [3.8, 4) is 0 Å². The van der Waals surface area contributed by atoms with E-state index in [-0.39, 0.29) is 16.8 Å². The molecule has 0 radical (unpaired) electrons. The maximum atomic E-state index is 12.1. The molecular weight excluding hydrogens is 324 g/mol. The standard InChI is InChI=1S/C15H15ClN2O3S/c1-10(11-4-3-7-14(9-11)22(17,20)21)18-15(19)12-5-2-6-13(16)8-12/h2-10H,1H3,(H,18,19)(H2,17,20,21). The van der Waals surface area contributed by atoms with E-state index < -0.39 is 10.0 Å². The molecule has 0 aliphatic heterocycles. The number of carbonyl (C=O) groups is 1. The Kier molecular flexibility index (Phi) is 4.85. The highest BCUT2D eigenvalue weighted by molar-refractivity contribution is 7.89. The van der Waals surface area contributed by atoms with Crippen LogP contribution in [0.25, 0.3) is 0 Å². The van der Waals surface area contributed by atoms with Gasteiger partial charge in [0, 0.05) is 10.6 Å². The molecule has 0 aromatic heterocycles. The SMILES string of the molecule is CC(NC(=O)c1cccc(Cl)c1)c1cccc(S(N)(=O)=O)c1. The molecule has 2 aromatic rings. The first-order valence-corrected chi connectivity index (χ1v) is 8.39. The van der Waals surface area contributed by atoms with E-state index in [2.05, 4.69) is 5.32 Å². The number of benzene rings is 2. The van der Waals surface area contributed by atoms with E-state index in [9.17, 15) is 13.2 Å². The number of hydrogen-bond acceptors (Lipinski definition) is 3. The molecule has 5 nitrogen and oxygen atoms in total. The summed E-state index contributed by atoms with van der Waals surface area (Å²) < 4.78 is 22.7. The lowest BCUT2D eigenvalue weighted by Gasteiger charge is -2.15. The number of sulfonamides is 1. The van der Waals surface area contributed by atoms with Crippen LogP contribution < -0.4 is 10.5 Å². The van der Waals surface area contributed by atoms with E-state index in [0.29, 0.717) is 16.1 Å². The second-order valence-corrected chi connectivity index (χ2v) is 6.82. The minimum Gasteiger partial charge on any atom is -0.346 e. The van der Waals surface area contributed by atoms with Crippen LogP contribution in [0.2, 0.25) is 5.02 Å². The molecule has 0 saturated carbocycles. The first-order valence-electron chi connectivity index (χ1n) is 6.46. The quantitative estimate of drug-likeness (QED) is 0.897. The molecule has 0 bridgehead atoms. The molecule has 116 valence electrons. The van der Waals surface area contributed by atoms with Crippen LogP contribution in [0, 0.1) is 0 Å². The van der Waals surface area contributed by atoms with Gasteiger partial charge < -0.3 is 5.32 Å². The summed E-state index contributed by atoms with van der Waals surface area (Å²) in [5.41, 5.74) is 1.07. The monoisotopic (exact) mass is 338 g/mol. The zero-order valence-electron chi connectivity index (χ0n) is 11.8. The number of halogens is 1. The highest BCUT2D eigenvalue weighted by Gasteiger charge is 2.14. The second kappa shape index (κ2) is 6.48. The van der Waals surface area contributed by atoms with Gasteiger partial charge in [-0.3, -0.25) is 4.79 Å². The molecule has 22 heavy (non-hydrogen) atoms. The van der Waals surface area contributed by atoms with Gasteiger partial charge in [0.05, 0.1) is 10.9 Å². The molecule has 1 atom stereocenters. The molecule has 2 rings (SSSR count). The van der Waals surface area contributed by atoms with Crippen molar-refractivity contribution in [3.63, 3.8) is 0 Å². The van der Waals surface area contributed by atoms with Gasteiger partial charge in [0.25, 0.3) is 5.91 Å². The van der Waals surface area contributed by atoms with E-state index in [0.717, 1.165) is 0 Å². The number of rotatable bonds is 4. The first kappa shape index (κ1) is 16.5. The second-order valence-electron chi connectivity index (χ2n) is 4.82. The molecule has 1 amide bonds. The van der Waals surface area contributed by atoms with Crippen molar-refractivity contribution >= 4 is 27.5 Å². The Labute approximate surface area is 134 Å². The average Bonchev–Trinajstić information content (AvgIpc) is 2.46. The van der Waals surface area contributed by atoms with E-state index in [1.54, 1.807) is 43.3 Å². The molecule has 0 saturated heterocycles. The van der Waals surface area contributed by atoms with Gasteiger partial charge in [-0.25, -0.2) is 13.6 Å². The van der Waals surface area contributed by atoms with Gasteiger partial charge in [-0.05, 0) is 42.8 Å². The van der Waals surface area contributed by atoms with E-state index in [4.69, 9.17) is 16.7 Å². The minimum absolute atomic E-state index is 0.00820. The zero-order valence-corrected chi connectivity index (χ0v) is 13.4. The van der Waals surface area contributed by atoms with Crippen molar-refractivity contribution in [3.05, 3.63) is 64.7 Å². The van der Waals surface area contributed by atoms with Crippen LogP contribution in [-0.4, -0.2) is 14.3 Å². The molecule has 0 aliphatic carbocycles. The number of primary sulfonamides is 1. The lowest BCUT2D eigenvalue weighted by molar-refractivity contribution is 0.0940. The van der Waals surface area contributed by atoms with E-state index in [1.807, 2.05) is 0 Å². The van der Waals surface area contributed by atoms with Crippen molar-refractivity contribution in [1.82, 2.24) is 5.32 Å². The summed E-state index contributed by atoms with van der Waals surface area (Å²) in [7, 11) is -3.78. The molecule has 3 N–H and O–H groups in total. The molecule has 7 heteroatoms. The molecule has 0 spiro atoms. The molecular formula is C15H15ClN2O3S. The van der Waals surface area contributed by atoms with Crippen LogP contribution >= 0.6 is 11.6 Å². The summed E-state index contributed by atoms with van der Waals surface area (Å²) in [6.45, 7) is 1.75. The van der Waals surface area contributed by atoms with Crippen LogP contribution in [0.3, 0.4) is 0 Å². The Morgan fingerprint density at radius 1 is 1.18 bits per heavy atom. The van der Waals surface area contributed by atoms with Gasteiger partial charge in [-0.15, -0.1) is 0 Å². The van der Waals surface area contributed by atoms with Crippen molar-refractivity contribution in [2.24, 2.45) is 5.14 Å². The van der Waals surface area contributed by atoms with Gasteiger partial charge in [-0.1, -0.05) is 29.8 Å². The lowest BCUT2D eigenvalue weighted by atomic mass is 10.1. The van der Waals surface area contributed by atoms with Crippen LogP contribution in [-0.2, 0) is 10.0 Å². The molecule has 0 fully saturated rings. The van der Waals surface area contributed by atoms with Crippen molar-refractivity contribution in [2.45, 2.75) is 17.9 Å². The Morgan fingerprint density at radius 2 is 1.86 bits per heavy atom. The maximum Gasteiger partial charge on any atom is 0.251 e. The topological polar surface area (TPSA) is 89.3 Å². The predicted molar refractivity (Wildman–Crippen MR) is 85.1 cm³/mol. The highest BCUT2D eigenvalue weighted by Crippen LogP contribution is 2.18. The molecule has 0 aliphatic rings. The maximum absolute atomic E-state index is 12.1. The lowest BCUT2D eigenvalue weighted by Crippen LogP contribution is -2.26. The van der Waals surface area contributed by atoms with Crippen molar-refractivity contribution in [2.75, 3.05) is 0 Å². The third-order valence-electron chi connectivity index (χ3n) is 3.12. The number of carbonyl (C=O) groups excluding carboxylic acids is 1. The summed E-state index contributed by atoms with van der Waals surface area (Å²) in [4.78, 5) is 12.2. The summed E-state index contributed by atoms with van der Waals surface area (Å²) in [5, 5.41) is 8.36.